The number of anilines is 1. The second-order valence-corrected chi connectivity index (χ2v) is 13.5. The first kappa shape index (κ1) is 33.4. The van der Waals surface area contributed by atoms with E-state index in [2.05, 4.69) is 15.3 Å². The molecule has 51 heavy (non-hydrogen) atoms. The average Bonchev–Trinajstić information content (AvgIpc) is 3.71. The van der Waals surface area contributed by atoms with Gasteiger partial charge in [-0.15, -0.1) is 0 Å². The molecule has 0 saturated carbocycles. The lowest BCUT2D eigenvalue weighted by Crippen LogP contribution is -2.29. The summed E-state index contributed by atoms with van der Waals surface area (Å²) in [6.45, 7) is -0.113. The second-order valence-electron chi connectivity index (χ2n) is 11.6. The number of pyridine rings is 1. The highest BCUT2D eigenvalue weighted by Gasteiger charge is 2.28. The molecular weight excluding hydrogens is 685 g/mol. The van der Waals surface area contributed by atoms with Crippen LogP contribution in [0.3, 0.4) is 0 Å². The Morgan fingerprint density at radius 3 is 2.35 bits per heavy atom. The number of aromatic nitrogens is 2. The Labute approximate surface area is 289 Å². The molecule has 0 aliphatic heterocycles. The van der Waals surface area contributed by atoms with Crippen molar-refractivity contribution in [2.45, 2.75) is 6.54 Å². The smallest absolute Gasteiger partial charge is 0.255 e. The number of fused-ring (bicyclic) bond motifs is 2. The number of furan rings is 1. The highest BCUT2D eigenvalue weighted by Crippen LogP contribution is 2.44. The van der Waals surface area contributed by atoms with E-state index < -0.39 is 33.4 Å². The fraction of sp³-hybridized carbons (Fsp3) is 0.108. The summed E-state index contributed by atoms with van der Waals surface area (Å²) >= 11 is 0. The molecule has 1 amide bonds. The van der Waals surface area contributed by atoms with Crippen LogP contribution in [0.2, 0.25) is 0 Å². The van der Waals surface area contributed by atoms with E-state index in [4.69, 9.17) is 13.6 Å². The minimum atomic E-state index is -3.99. The summed E-state index contributed by atoms with van der Waals surface area (Å²) in [5, 5.41) is 2.95. The van der Waals surface area contributed by atoms with Crippen LogP contribution >= 0.6 is 0 Å². The van der Waals surface area contributed by atoms with Gasteiger partial charge in [-0.05, 0) is 59.7 Å². The van der Waals surface area contributed by atoms with Gasteiger partial charge < -0.3 is 18.9 Å². The molecule has 0 atom stereocenters. The first-order valence-electron chi connectivity index (χ1n) is 15.3. The van der Waals surface area contributed by atoms with Crippen LogP contribution in [0.5, 0.6) is 5.75 Å². The van der Waals surface area contributed by atoms with Gasteiger partial charge >= 0.3 is 0 Å². The first-order valence-corrected chi connectivity index (χ1v) is 17.2. The van der Waals surface area contributed by atoms with E-state index in [0.29, 0.717) is 33.7 Å². The maximum Gasteiger partial charge on any atom is 0.255 e. The number of hydrogen-bond acceptors (Lipinski definition) is 8. The molecule has 258 valence electrons. The number of halogens is 3. The van der Waals surface area contributed by atoms with Gasteiger partial charge in [0.1, 0.15) is 34.2 Å². The van der Waals surface area contributed by atoms with Gasteiger partial charge in [0.25, 0.3) is 5.91 Å². The summed E-state index contributed by atoms with van der Waals surface area (Å²) in [6.07, 6.45) is 4.17. The number of carbonyl (C=O) groups is 1. The fourth-order valence-electron chi connectivity index (χ4n) is 5.88. The average molecular weight is 713 g/mol. The third kappa shape index (κ3) is 6.25. The van der Waals surface area contributed by atoms with Gasteiger partial charge in [-0.1, -0.05) is 12.1 Å². The highest BCUT2D eigenvalue weighted by molar-refractivity contribution is 7.92. The molecule has 0 aliphatic carbocycles. The van der Waals surface area contributed by atoms with Gasteiger partial charge in [-0.3, -0.25) is 14.1 Å². The van der Waals surface area contributed by atoms with Gasteiger partial charge in [0, 0.05) is 54.2 Å². The van der Waals surface area contributed by atoms with Crippen molar-refractivity contribution in [2.75, 3.05) is 24.7 Å². The Morgan fingerprint density at radius 1 is 0.902 bits per heavy atom. The van der Waals surface area contributed by atoms with Crippen LogP contribution in [0, 0.1) is 17.5 Å². The normalized spacial score (nSPS) is 11.6. The van der Waals surface area contributed by atoms with Crippen LogP contribution in [0.4, 0.5) is 18.9 Å². The molecule has 1 N–H and O–H groups in total. The Morgan fingerprint density at radius 2 is 1.67 bits per heavy atom. The van der Waals surface area contributed by atoms with E-state index in [-0.39, 0.29) is 57.4 Å². The topological polar surface area (TPSA) is 128 Å². The van der Waals surface area contributed by atoms with Crippen molar-refractivity contribution in [1.82, 2.24) is 15.3 Å². The largest absolute Gasteiger partial charge is 0.496 e. The molecule has 10 nitrogen and oxygen atoms in total. The van der Waals surface area contributed by atoms with Crippen molar-refractivity contribution >= 4 is 43.7 Å². The molecule has 7 aromatic rings. The molecule has 0 bridgehead atoms. The fourth-order valence-corrected chi connectivity index (χ4v) is 6.77. The van der Waals surface area contributed by atoms with Crippen molar-refractivity contribution in [3.63, 3.8) is 0 Å². The lowest BCUT2D eigenvalue weighted by atomic mass is 9.96. The quantitative estimate of drug-likeness (QED) is 0.161. The number of benzene rings is 4. The van der Waals surface area contributed by atoms with Gasteiger partial charge in [0.05, 0.1) is 36.7 Å². The number of rotatable bonds is 9. The Kier molecular flexibility index (Phi) is 8.47. The minimum absolute atomic E-state index is 0.0842. The first-order chi connectivity index (χ1) is 24.4. The van der Waals surface area contributed by atoms with Gasteiger partial charge in [0.15, 0.2) is 11.4 Å². The van der Waals surface area contributed by atoms with Crippen LogP contribution < -0.4 is 14.4 Å². The molecule has 0 saturated heterocycles. The van der Waals surface area contributed by atoms with Gasteiger partial charge in [-0.25, -0.2) is 26.6 Å². The van der Waals surface area contributed by atoms with Crippen molar-refractivity contribution in [3.05, 3.63) is 120 Å². The summed E-state index contributed by atoms with van der Waals surface area (Å²) in [4.78, 5) is 21.8. The Balaban J connectivity index is 1.52. The number of sulfonamides is 1. The SMILES string of the molecule is CNC(=O)c1c(-c2ccc(F)cc2)oc2cc(N(Cc3cccnc3)S(C)(=O)=O)c(-c3ccc(OC)c(-c4nc5c(F)cc(F)cc5o4)c3)cc12. The predicted octanol–water partition coefficient (Wildman–Crippen LogP) is 7.72. The number of hydrogen-bond donors (Lipinski definition) is 1. The molecule has 3 heterocycles. The summed E-state index contributed by atoms with van der Waals surface area (Å²) in [7, 11) is -1.12. The number of methoxy groups -OCH3 is 1. The number of amides is 1. The van der Waals surface area contributed by atoms with Crippen LogP contribution in [-0.4, -0.2) is 44.7 Å². The van der Waals surface area contributed by atoms with E-state index in [1.807, 2.05) is 0 Å². The van der Waals surface area contributed by atoms with Gasteiger partial charge in [0.2, 0.25) is 15.9 Å². The molecule has 7 rings (SSSR count). The zero-order valence-corrected chi connectivity index (χ0v) is 28.0. The second kappa shape index (κ2) is 12.9. The monoisotopic (exact) mass is 712 g/mol. The van der Waals surface area contributed by atoms with E-state index in [1.165, 1.54) is 48.8 Å². The zero-order valence-electron chi connectivity index (χ0n) is 27.2. The number of nitrogens with zero attached hydrogens (tertiary/aromatic N) is 3. The van der Waals surface area contributed by atoms with Gasteiger partial charge in [-0.2, -0.15) is 0 Å². The van der Waals surface area contributed by atoms with Crippen LogP contribution in [0.15, 0.2) is 100 Å². The molecule has 0 aliphatic rings. The number of nitrogens with one attached hydrogen (secondary N) is 1. The zero-order chi connectivity index (χ0) is 36.0. The van der Waals surface area contributed by atoms with E-state index in [1.54, 1.807) is 48.8 Å². The Bertz CT molecular complexity index is 2570. The lowest BCUT2D eigenvalue weighted by Gasteiger charge is -2.25. The molecule has 3 aromatic heterocycles. The molecule has 4 aromatic carbocycles. The van der Waals surface area contributed by atoms with Crippen LogP contribution in [-0.2, 0) is 16.6 Å². The van der Waals surface area contributed by atoms with Crippen LogP contribution in [0.1, 0.15) is 15.9 Å². The lowest BCUT2D eigenvalue weighted by molar-refractivity contribution is 0.0964. The predicted molar refractivity (Wildman–Crippen MR) is 185 cm³/mol. The molecule has 0 fully saturated rings. The van der Waals surface area contributed by atoms with Crippen molar-refractivity contribution in [2.24, 2.45) is 0 Å². The highest BCUT2D eigenvalue weighted by atomic mass is 32.2. The minimum Gasteiger partial charge on any atom is -0.496 e. The van der Waals surface area contributed by atoms with E-state index in [9.17, 15) is 26.4 Å². The van der Waals surface area contributed by atoms with Crippen LogP contribution in [0.25, 0.3) is 56.0 Å². The maximum absolute atomic E-state index is 14.6. The van der Waals surface area contributed by atoms with Crippen molar-refractivity contribution < 1.29 is 40.0 Å². The van der Waals surface area contributed by atoms with Crippen molar-refractivity contribution in [1.29, 1.82) is 0 Å². The Hall–Kier alpha value is -6.15. The molecular formula is C37H27F3N4O6S. The number of oxazole rings is 1. The standard InChI is InChI=1S/C37H27F3N4O6S/c1-41-36(45)33-26-16-25(22-8-11-30(48-2)27(13-22)37-43-34-28(40)14-24(39)15-32(34)50-37)29(44(51(3,46)47)19-20-5-4-12-42-18-20)17-31(26)49-35(33)21-6-9-23(38)10-7-21/h4-18H,19H2,1-3H3,(H,41,45). The summed E-state index contributed by atoms with van der Waals surface area (Å²) < 4.78 is 88.4. The van der Waals surface area contributed by atoms with Crippen molar-refractivity contribution in [3.8, 4) is 39.7 Å². The molecule has 14 heteroatoms. The number of carbonyl (C=O) groups excluding carboxylic acids is 1. The third-order valence-electron chi connectivity index (χ3n) is 8.24. The maximum atomic E-state index is 14.6. The molecule has 0 radical (unpaired) electrons. The molecule has 0 unspecified atom stereocenters. The number of ether oxygens (including phenoxy) is 1. The summed E-state index contributed by atoms with van der Waals surface area (Å²) in [5.41, 5.74) is 2.18. The van der Waals surface area contributed by atoms with E-state index in [0.717, 1.165) is 12.3 Å². The van der Waals surface area contributed by atoms with E-state index >= 15 is 0 Å². The summed E-state index contributed by atoms with van der Waals surface area (Å²) in [5.74, 6) is -2.41. The third-order valence-corrected chi connectivity index (χ3v) is 9.37. The molecule has 0 spiro atoms. The summed E-state index contributed by atoms with van der Waals surface area (Å²) in [6, 6.07) is 18.5.